The molecule has 0 aliphatic heterocycles. The van der Waals surface area contributed by atoms with Gasteiger partial charge in [-0.25, -0.2) is 4.39 Å². The molecule has 1 rings (SSSR count). The Labute approximate surface area is 95.9 Å². The lowest BCUT2D eigenvalue weighted by atomic mass is 9.94. The average molecular weight is 223 g/mol. The monoisotopic (exact) mass is 223 g/mol. The zero-order valence-corrected chi connectivity index (χ0v) is 10.2. The summed E-state index contributed by atoms with van der Waals surface area (Å²) in [7, 11) is 0. The second-order valence-electron chi connectivity index (χ2n) is 5.00. The molecule has 0 saturated heterocycles. The van der Waals surface area contributed by atoms with Crippen LogP contribution in [-0.4, -0.2) is 5.91 Å². The van der Waals surface area contributed by atoms with E-state index < -0.39 is 5.41 Å². The van der Waals surface area contributed by atoms with Gasteiger partial charge in [-0.2, -0.15) is 0 Å². The smallest absolute Gasteiger partial charge is 0.225 e. The molecule has 0 spiro atoms. The van der Waals surface area contributed by atoms with Gasteiger partial charge in [0.1, 0.15) is 5.82 Å². The molecule has 0 radical (unpaired) electrons. The van der Waals surface area contributed by atoms with Crippen molar-refractivity contribution < 1.29 is 9.18 Å². The molecular formula is C13H18FNO. The first-order chi connectivity index (χ1) is 7.30. The standard InChI is InChI=1S/C13H18FNO/c1-9(15-12(16)13(2,3)4)10-6-5-7-11(14)8-10/h5-9H,1-4H3,(H,15,16)/t9-/m1/s1. The van der Waals surface area contributed by atoms with Gasteiger partial charge in [-0.05, 0) is 24.6 Å². The van der Waals surface area contributed by atoms with Crippen molar-refractivity contribution in [1.82, 2.24) is 5.32 Å². The number of benzene rings is 1. The van der Waals surface area contributed by atoms with Crippen molar-refractivity contribution in [3.8, 4) is 0 Å². The van der Waals surface area contributed by atoms with Gasteiger partial charge in [-0.1, -0.05) is 32.9 Å². The normalized spacial score (nSPS) is 13.3. The predicted octanol–water partition coefficient (Wildman–Crippen LogP) is 3.05. The van der Waals surface area contributed by atoms with Crippen LogP contribution in [-0.2, 0) is 4.79 Å². The number of rotatable bonds is 2. The minimum atomic E-state index is -0.429. The quantitative estimate of drug-likeness (QED) is 0.820. The molecule has 0 heterocycles. The predicted molar refractivity (Wildman–Crippen MR) is 62.4 cm³/mol. The molecule has 1 N–H and O–H groups in total. The zero-order chi connectivity index (χ0) is 12.3. The van der Waals surface area contributed by atoms with Crippen LogP contribution >= 0.6 is 0 Å². The van der Waals surface area contributed by atoms with Crippen LogP contribution in [0.15, 0.2) is 24.3 Å². The van der Waals surface area contributed by atoms with Crippen LogP contribution < -0.4 is 5.32 Å². The highest BCUT2D eigenvalue weighted by molar-refractivity contribution is 5.81. The summed E-state index contributed by atoms with van der Waals surface area (Å²) in [6.07, 6.45) is 0. The lowest BCUT2D eigenvalue weighted by Crippen LogP contribution is -2.36. The molecule has 1 atom stereocenters. The zero-order valence-electron chi connectivity index (χ0n) is 10.2. The molecule has 1 aromatic rings. The maximum absolute atomic E-state index is 13.0. The molecule has 0 unspecified atom stereocenters. The summed E-state index contributed by atoms with van der Waals surface area (Å²) < 4.78 is 13.0. The van der Waals surface area contributed by atoms with E-state index in [4.69, 9.17) is 0 Å². The number of carbonyl (C=O) groups excluding carboxylic acids is 1. The molecule has 0 fully saturated rings. The highest BCUT2D eigenvalue weighted by Crippen LogP contribution is 2.18. The SMILES string of the molecule is C[C@@H](NC(=O)C(C)(C)C)c1cccc(F)c1. The first-order valence-corrected chi connectivity index (χ1v) is 5.37. The first-order valence-electron chi connectivity index (χ1n) is 5.37. The minimum Gasteiger partial charge on any atom is -0.349 e. The number of hydrogen-bond donors (Lipinski definition) is 1. The summed E-state index contributed by atoms with van der Waals surface area (Å²) in [6, 6.07) is 6.10. The molecule has 1 amide bonds. The highest BCUT2D eigenvalue weighted by atomic mass is 19.1. The molecular weight excluding hydrogens is 205 g/mol. The van der Waals surface area contributed by atoms with E-state index in [2.05, 4.69) is 5.32 Å². The Hall–Kier alpha value is -1.38. The van der Waals surface area contributed by atoms with Gasteiger partial charge in [-0.15, -0.1) is 0 Å². The Morgan fingerprint density at radius 2 is 2.00 bits per heavy atom. The van der Waals surface area contributed by atoms with E-state index in [1.807, 2.05) is 27.7 Å². The second-order valence-corrected chi connectivity index (χ2v) is 5.00. The third kappa shape index (κ3) is 3.33. The van der Waals surface area contributed by atoms with Crippen LogP contribution in [0.5, 0.6) is 0 Å². The van der Waals surface area contributed by atoms with Gasteiger partial charge in [0.15, 0.2) is 0 Å². The summed E-state index contributed by atoms with van der Waals surface area (Å²) in [5.41, 5.74) is 0.347. The van der Waals surface area contributed by atoms with E-state index >= 15 is 0 Å². The van der Waals surface area contributed by atoms with E-state index in [9.17, 15) is 9.18 Å². The van der Waals surface area contributed by atoms with Crippen molar-refractivity contribution in [2.24, 2.45) is 5.41 Å². The Balaban J connectivity index is 2.73. The molecule has 0 saturated carbocycles. The molecule has 0 bridgehead atoms. The average Bonchev–Trinajstić information content (AvgIpc) is 2.16. The topological polar surface area (TPSA) is 29.1 Å². The van der Waals surface area contributed by atoms with Crippen molar-refractivity contribution in [2.45, 2.75) is 33.7 Å². The molecule has 0 aliphatic rings. The lowest BCUT2D eigenvalue weighted by molar-refractivity contribution is -0.129. The van der Waals surface area contributed by atoms with Gasteiger partial charge in [0.05, 0.1) is 6.04 Å². The van der Waals surface area contributed by atoms with Crippen molar-refractivity contribution >= 4 is 5.91 Å². The number of amides is 1. The third-order valence-electron chi connectivity index (χ3n) is 2.38. The second kappa shape index (κ2) is 4.64. The summed E-state index contributed by atoms with van der Waals surface area (Å²) in [5.74, 6) is -0.321. The molecule has 88 valence electrons. The van der Waals surface area contributed by atoms with Crippen LogP contribution in [0, 0.1) is 11.2 Å². The van der Waals surface area contributed by atoms with E-state index in [1.54, 1.807) is 12.1 Å². The Morgan fingerprint density at radius 3 is 2.50 bits per heavy atom. The lowest BCUT2D eigenvalue weighted by Gasteiger charge is -2.22. The van der Waals surface area contributed by atoms with Gasteiger partial charge >= 0.3 is 0 Å². The van der Waals surface area contributed by atoms with Crippen LogP contribution in [0.4, 0.5) is 4.39 Å². The molecule has 3 heteroatoms. The molecule has 0 aliphatic carbocycles. The molecule has 1 aromatic carbocycles. The fourth-order valence-corrected chi connectivity index (χ4v) is 1.27. The van der Waals surface area contributed by atoms with Gasteiger partial charge in [0.2, 0.25) is 5.91 Å². The maximum Gasteiger partial charge on any atom is 0.225 e. The van der Waals surface area contributed by atoms with Gasteiger partial charge < -0.3 is 5.32 Å². The molecule has 0 aromatic heterocycles. The Kier molecular flexibility index (Phi) is 3.68. The fourth-order valence-electron chi connectivity index (χ4n) is 1.27. The fraction of sp³-hybridized carbons (Fsp3) is 0.462. The van der Waals surface area contributed by atoms with Crippen molar-refractivity contribution in [2.75, 3.05) is 0 Å². The first kappa shape index (κ1) is 12.7. The van der Waals surface area contributed by atoms with Crippen molar-refractivity contribution in [3.05, 3.63) is 35.6 Å². The molecule has 2 nitrogen and oxygen atoms in total. The number of carbonyl (C=O) groups is 1. The number of nitrogens with one attached hydrogen (secondary N) is 1. The van der Waals surface area contributed by atoms with Crippen molar-refractivity contribution in [3.63, 3.8) is 0 Å². The van der Waals surface area contributed by atoms with Gasteiger partial charge in [-0.3, -0.25) is 4.79 Å². The van der Waals surface area contributed by atoms with E-state index in [0.717, 1.165) is 5.56 Å². The van der Waals surface area contributed by atoms with Crippen LogP contribution in [0.25, 0.3) is 0 Å². The summed E-state index contributed by atoms with van der Waals surface area (Å²) in [4.78, 5) is 11.7. The Bertz CT molecular complexity index is 382. The number of halogens is 1. The third-order valence-corrected chi connectivity index (χ3v) is 2.38. The number of hydrogen-bond acceptors (Lipinski definition) is 1. The van der Waals surface area contributed by atoms with Gasteiger partial charge in [0.25, 0.3) is 0 Å². The van der Waals surface area contributed by atoms with E-state index in [-0.39, 0.29) is 17.8 Å². The van der Waals surface area contributed by atoms with Crippen LogP contribution in [0.1, 0.15) is 39.3 Å². The largest absolute Gasteiger partial charge is 0.349 e. The van der Waals surface area contributed by atoms with Crippen LogP contribution in [0.3, 0.4) is 0 Å². The van der Waals surface area contributed by atoms with E-state index in [0.29, 0.717) is 0 Å². The maximum atomic E-state index is 13.0. The summed E-state index contributed by atoms with van der Waals surface area (Å²) in [5, 5.41) is 2.86. The summed E-state index contributed by atoms with van der Waals surface area (Å²) >= 11 is 0. The van der Waals surface area contributed by atoms with Crippen LogP contribution in [0.2, 0.25) is 0 Å². The summed E-state index contributed by atoms with van der Waals surface area (Å²) in [6.45, 7) is 7.39. The minimum absolute atomic E-state index is 0.0377. The van der Waals surface area contributed by atoms with Gasteiger partial charge in [0, 0.05) is 5.41 Å². The molecule has 16 heavy (non-hydrogen) atoms. The van der Waals surface area contributed by atoms with E-state index in [1.165, 1.54) is 12.1 Å². The Morgan fingerprint density at radius 1 is 1.38 bits per heavy atom. The highest BCUT2D eigenvalue weighted by Gasteiger charge is 2.22. The van der Waals surface area contributed by atoms with Crippen molar-refractivity contribution in [1.29, 1.82) is 0 Å².